The second-order valence-electron chi connectivity index (χ2n) is 4.75. The molecule has 64 valence electrons. The molecule has 2 aliphatic carbocycles. The van der Waals surface area contributed by atoms with E-state index >= 15 is 0 Å². The molecular formula is C9H17NO. The second-order valence-corrected chi connectivity index (χ2v) is 4.75. The van der Waals surface area contributed by atoms with Crippen molar-refractivity contribution in [1.82, 2.24) is 0 Å². The Hall–Kier alpha value is -0.0800. The molecule has 0 aliphatic heterocycles. The molecule has 0 radical (unpaired) electrons. The minimum atomic E-state index is -0.280. The van der Waals surface area contributed by atoms with Gasteiger partial charge in [0.05, 0.1) is 6.10 Å². The molecule has 3 atom stereocenters. The standard InChI is InChI=1S/C9H17NO/c1-8(2)6-3-4-9(8,10)7(11)5-6/h6-7,11H,3-5,10H2,1-2H3. The highest BCUT2D eigenvalue weighted by Gasteiger charge is 2.61. The van der Waals surface area contributed by atoms with Crippen molar-refractivity contribution in [2.75, 3.05) is 0 Å². The lowest BCUT2D eigenvalue weighted by molar-refractivity contribution is 0.0670. The van der Waals surface area contributed by atoms with Crippen LogP contribution in [0.15, 0.2) is 0 Å². The first-order valence-electron chi connectivity index (χ1n) is 4.45. The molecule has 2 saturated carbocycles. The van der Waals surface area contributed by atoms with Gasteiger partial charge in [-0.15, -0.1) is 0 Å². The number of aliphatic hydroxyl groups excluding tert-OH is 1. The van der Waals surface area contributed by atoms with Crippen LogP contribution in [0.3, 0.4) is 0 Å². The summed E-state index contributed by atoms with van der Waals surface area (Å²) in [6, 6.07) is 0. The molecule has 0 aromatic heterocycles. The third-order valence-corrected chi connectivity index (χ3v) is 4.23. The number of hydrogen-bond donors (Lipinski definition) is 2. The van der Waals surface area contributed by atoms with Crippen molar-refractivity contribution in [1.29, 1.82) is 0 Å². The Bertz CT molecular complexity index is 190. The van der Waals surface area contributed by atoms with Gasteiger partial charge in [0.1, 0.15) is 0 Å². The number of fused-ring (bicyclic) bond motifs is 2. The summed E-state index contributed by atoms with van der Waals surface area (Å²) in [4.78, 5) is 0. The summed E-state index contributed by atoms with van der Waals surface area (Å²) in [5.74, 6) is 0.655. The van der Waals surface area contributed by atoms with E-state index in [0.717, 1.165) is 12.8 Å². The van der Waals surface area contributed by atoms with Crippen molar-refractivity contribution in [3.63, 3.8) is 0 Å². The van der Waals surface area contributed by atoms with Crippen LogP contribution in [0.2, 0.25) is 0 Å². The lowest BCUT2D eigenvalue weighted by atomic mass is 9.76. The Kier molecular flexibility index (Phi) is 1.24. The van der Waals surface area contributed by atoms with Gasteiger partial charge in [0.15, 0.2) is 0 Å². The zero-order valence-electron chi connectivity index (χ0n) is 7.30. The first kappa shape index (κ1) is 7.56. The molecule has 2 fully saturated rings. The zero-order chi connectivity index (χ0) is 8.28. The van der Waals surface area contributed by atoms with E-state index in [1.165, 1.54) is 6.42 Å². The van der Waals surface area contributed by atoms with Crippen molar-refractivity contribution in [2.24, 2.45) is 17.1 Å². The summed E-state index contributed by atoms with van der Waals surface area (Å²) in [7, 11) is 0. The largest absolute Gasteiger partial charge is 0.391 e. The van der Waals surface area contributed by atoms with Crippen molar-refractivity contribution < 1.29 is 5.11 Å². The average Bonchev–Trinajstić information content (AvgIpc) is 2.20. The molecule has 2 nitrogen and oxygen atoms in total. The Morgan fingerprint density at radius 1 is 1.45 bits per heavy atom. The Balaban J connectivity index is 2.40. The molecule has 2 rings (SSSR count). The maximum atomic E-state index is 9.69. The van der Waals surface area contributed by atoms with Gasteiger partial charge < -0.3 is 10.8 Å². The summed E-state index contributed by atoms with van der Waals surface area (Å²) in [6.07, 6.45) is 2.88. The Morgan fingerprint density at radius 2 is 2.09 bits per heavy atom. The topological polar surface area (TPSA) is 46.2 Å². The Morgan fingerprint density at radius 3 is 2.27 bits per heavy atom. The highest BCUT2D eigenvalue weighted by molar-refractivity contribution is 5.16. The van der Waals surface area contributed by atoms with E-state index in [2.05, 4.69) is 13.8 Å². The smallest absolute Gasteiger partial charge is 0.0727 e. The average molecular weight is 155 g/mol. The maximum Gasteiger partial charge on any atom is 0.0727 e. The van der Waals surface area contributed by atoms with E-state index in [4.69, 9.17) is 5.73 Å². The molecule has 0 spiro atoms. The molecule has 2 aliphatic rings. The minimum Gasteiger partial charge on any atom is -0.391 e. The predicted molar refractivity (Wildman–Crippen MR) is 44.0 cm³/mol. The summed E-state index contributed by atoms with van der Waals surface area (Å²) in [5.41, 5.74) is 6.05. The SMILES string of the molecule is CC1(C)C2CCC1(N)C(O)C2. The van der Waals surface area contributed by atoms with Gasteiger partial charge in [-0.1, -0.05) is 13.8 Å². The molecule has 11 heavy (non-hydrogen) atoms. The summed E-state index contributed by atoms with van der Waals surface area (Å²) < 4.78 is 0. The van der Waals surface area contributed by atoms with Crippen LogP contribution >= 0.6 is 0 Å². The van der Waals surface area contributed by atoms with Gasteiger partial charge in [-0.25, -0.2) is 0 Å². The molecule has 0 heterocycles. The first-order chi connectivity index (χ1) is 4.98. The molecule has 3 N–H and O–H groups in total. The van der Waals surface area contributed by atoms with Crippen LogP contribution in [0.4, 0.5) is 0 Å². The summed E-state index contributed by atoms with van der Waals surface area (Å²) in [6.45, 7) is 4.39. The minimum absolute atomic E-state index is 0.159. The van der Waals surface area contributed by atoms with Gasteiger partial charge >= 0.3 is 0 Å². The van der Waals surface area contributed by atoms with Crippen LogP contribution in [0.25, 0.3) is 0 Å². The van der Waals surface area contributed by atoms with Crippen LogP contribution in [0.1, 0.15) is 33.1 Å². The lowest BCUT2D eigenvalue weighted by Crippen LogP contribution is -2.54. The molecule has 2 heteroatoms. The van der Waals surface area contributed by atoms with Gasteiger partial charge in [0.25, 0.3) is 0 Å². The third kappa shape index (κ3) is 0.651. The van der Waals surface area contributed by atoms with Crippen molar-refractivity contribution in [3.8, 4) is 0 Å². The van der Waals surface area contributed by atoms with Crippen LogP contribution in [0.5, 0.6) is 0 Å². The first-order valence-corrected chi connectivity index (χ1v) is 4.45. The fraction of sp³-hybridized carbons (Fsp3) is 1.00. The molecule has 0 saturated heterocycles. The normalized spacial score (nSPS) is 53.5. The van der Waals surface area contributed by atoms with E-state index in [1.54, 1.807) is 0 Å². The second kappa shape index (κ2) is 1.80. The van der Waals surface area contributed by atoms with Crippen LogP contribution < -0.4 is 5.73 Å². The molecular weight excluding hydrogens is 138 g/mol. The third-order valence-electron chi connectivity index (χ3n) is 4.23. The number of nitrogens with two attached hydrogens (primary N) is 1. The molecule has 3 unspecified atom stereocenters. The van der Waals surface area contributed by atoms with Gasteiger partial charge in [-0.2, -0.15) is 0 Å². The van der Waals surface area contributed by atoms with Crippen LogP contribution in [-0.2, 0) is 0 Å². The van der Waals surface area contributed by atoms with E-state index in [9.17, 15) is 5.11 Å². The lowest BCUT2D eigenvalue weighted by Gasteiger charge is -2.36. The fourth-order valence-corrected chi connectivity index (χ4v) is 2.96. The monoisotopic (exact) mass is 155 g/mol. The zero-order valence-corrected chi connectivity index (χ0v) is 7.30. The van der Waals surface area contributed by atoms with Crippen molar-refractivity contribution >= 4 is 0 Å². The highest BCUT2D eigenvalue weighted by Crippen LogP contribution is 2.58. The molecule has 0 aromatic rings. The molecule has 0 amide bonds. The van der Waals surface area contributed by atoms with E-state index < -0.39 is 0 Å². The van der Waals surface area contributed by atoms with E-state index in [-0.39, 0.29) is 17.1 Å². The fourth-order valence-electron chi connectivity index (χ4n) is 2.96. The van der Waals surface area contributed by atoms with Gasteiger partial charge in [-0.05, 0) is 30.6 Å². The maximum absolute atomic E-state index is 9.69. The highest BCUT2D eigenvalue weighted by atomic mass is 16.3. The van der Waals surface area contributed by atoms with Gasteiger partial charge in [0.2, 0.25) is 0 Å². The van der Waals surface area contributed by atoms with Crippen LogP contribution in [0, 0.1) is 11.3 Å². The number of rotatable bonds is 0. The van der Waals surface area contributed by atoms with Crippen LogP contribution in [-0.4, -0.2) is 16.7 Å². The number of aliphatic hydroxyl groups is 1. The van der Waals surface area contributed by atoms with Crippen molar-refractivity contribution in [2.45, 2.75) is 44.8 Å². The predicted octanol–water partition coefficient (Wildman–Crippen LogP) is 0.885. The quantitative estimate of drug-likeness (QED) is 0.545. The molecule has 0 aromatic carbocycles. The summed E-state index contributed by atoms with van der Waals surface area (Å²) in [5, 5.41) is 9.69. The Labute approximate surface area is 67.8 Å². The summed E-state index contributed by atoms with van der Waals surface area (Å²) >= 11 is 0. The van der Waals surface area contributed by atoms with Gasteiger partial charge in [0, 0.05) is 5.54 Å². The van der Waals surface area contributed by atoms with E-state index in [1.807, 2.05) is 0 Å². The van der Waals surface area contributed by atoms with E-state index in [0.29, 0.717) is 5.92 Å². The van der Waals surface area contributed by atoms with Crippen molar-refractivity contribution in [3.05, 3.63) is 0 Å². The molecule has 2 bridgehead atoms. The number of hydrogen-bond acceptors (Lipinski definition) is 2. The van der Waals surface area contributed by atoms with Gasteiger partial charge in [-0.3, -0.25) is 0 Å².